The van der Waals surface area contributed by atoms with Crippen LogP contribution in [0, 0.1) is 20.8 Å². The minimum Gasteiger partial charge on any atom is -0.486 e. The molecule has 2 aromatic carbocycles. The first-order chi connectivity index (χ1) is 15.9. The standard InChI is InChI=1S/C24H23N5O4/c1-14-4-6-18(10-15(14)2)29-23-19(12-25-29)16(3)27-28(24(23)31)13-22(30)26-17-5-7-20-21(11-17)33-9-8-32-20/h4-7,10-12H,8-9,13H2,1-3H3,(H,26,30). The lowest BCUT2D eigenvalue weighted by Crippen LogP contribution is -2.31. The van der Waals surface area contributed by atoms with Crippen LogP contribution in [0.5, 0.6) is 11.5 Å². The van der Waals surface area contributed by atoms with Gasteiger partial charge in [-0.1, -0.05) is 6.07 Å². The maximum Gasteiger partial charge on any atom is 0.293 e. The van der Waals surface area contributed by atoms with Crippen molar-refractivity contribution in [2.75, 3.05) is 18.5 Å². The molecule has 5 rings (SSSR count). The Bertz CT molecular complexity index is 1450. The number of amides is 1. The Hall–Kier alpha value is -4.14. The second kappa shape index (κ2) is 8.09. The summed E-state index contributed by atoms with van der Waals surface area (Å²) in [6.45, 7) is 6.55. The van der Waals surface area contributed by atoms with Gasteiger partial charge in [0.15, 0.2) is 11.5 Å². The molecule has 0 unspecified atom stereocenters. The fourth-order valence-corrected chi connectivity index (χ4v) is 3.84. The number of carbonyl (C=O) groups excluding carboxylic acids is 1. The van der Waals surface area contributed by atoms with Crippen molar-refractivity contribution in [3.63, 3.8) is 0 Å². The number of hydrogen-bond acceptors (Lipinski definition) is 6. The van der Waals surface area contributed by atoms with Gasteiger partial charge >= 0.3 is 0 Å². The molecule has 0 fully saturated rings. The first kappa shape index (κ1) is 20.7. The molecule has 1 N–H and O–H groups in total. The van der Waals surface area contributed by atoms with E-state index in [1.807, 2.05) is 32.0 Å². The van der Waals surface area contributed by atoms with E-state index in [9.17, 15) is 9.59 Å². The van der Waals surface area contributed by atoms with Gasteiger partial charge in [0.05, 0.1) is 17.6 Å². The SMILES string of the molecule is Cc1ccc(-n2ncc3c(C)nn(CC(=O)Nc4ccc5c(c4)OCCO5)c(=O)c32)cc1C. The average molecular weight is 445 g/mol. The monoisotopic (exact) mass is 445 g/mol. The van der Waals surface area contributed by atoms with E-state index in [0.29, 0.717) is 47.0 Å². The molecule has 168 valence electrons. The lowest BCUT2D eigenvalue weighted by Gasteiger charge is -2.19. The van der Waals surface area contributed by atoms with Gasteiger partial charge in [-0.25, -0.2) is 9.36 Å². The van der Waals surface area contributed by atoms with Crippen LogP contribution in [0.15, 0.2) is 47.4 Å². The van der Waals surface area contributed by atoms with E-state index in [4.69, 9.17) is 9.47 Å². The molecule has 0 aliphatic carbocycles. The number of benzene rings is 2. The summed E-state index contributed by atoms with van der Waals surface area (Å²) < 4.78 is 13.8. The van der Waals surface area contributed by atoms with Crippen LogP contribution in [0.4, 0.5) is 5.69 Å². The molecule has 33 heavy (non-hydrogen) atoms. The van der Waals surface area contributed by atoms with E-state index < -0.39 is 0 Å². The van der Waals surface area contributed by atoms with E-state index in [1.54, 1.807) is 36.0 Å². The zero-order chi connectivity index (χ0) is 23.1. The van der Waals surface area contributed by atoms with Crippen LogP contribution >= 0.6 is 0 Å². The quantitative estimate of drug-likeness (QED) is 0.519. The van der Waals surface area contributed by atoms with Crippen LogP contribution in [0.1, 0.15) is 16.8 Å². The molecular formula is C24H23N5O4. The molecule has 1 aliphatic heterocycles. The second-order valence-corrected chi connectivity index (χ2v) is 8.04. The fraction of sp³-hybridized carbons (Fsp3) is 0.250. The number of anilines is 1. The predicted molar refractivity (Wildman–Crippen MR) is 123 cm³/mol. The molecule has 0 atom stereocenters. The van der Waals surface area contributed by atoms with Crippen LogP contribution < -0.4 is 20.3 Å². The lowest BCUT2D eigenvalue weighted by molar-refractivity contribution is -0.117. The van der Waals surface area contributed by atoms with Gasteiger partial charge < -0.3 is 14.8 Å². The van der Waals surface area contributed by atoms with Crippen molar-refractivity contribution in [1.29, 1.82) is 0 Å². The maximum absolute atomic E-state index is 13.3. The Kier molecular flexibility index (Phi) is 5.08. The van der Waals surface area contributed by atoms with Gasteiger partial charge in [0.25, 0.3) is 5.56 Å². The topological polar surface area (TPSA) is 100 Å². The van der Waals surface area contributed by atoms with Crippen molar-refractivity contribution in [2.45, 2.75) is 27.3 Å². The van der Waals surface area contributed by atoms with Gasteiger partial charge in [-0.05, 0) is 56.2 Å². The van der Waals surface area contributed by atoms with Crippen molar-refractivity contribution >= 4 is 22.5 Å². The number of nitrogens with zero attached hydrogens (tertiary/aromatic N) is 4. The van der Waals surface area contributed by atoms with Crippen molar-refractivity contribution < 1.29 is 14.3 Å². The third kappa shape index (κ3) is 3.82. The number of nitrogens with one attached hydrogen (secondary N) is 1. The molecule has 9 nitrogen and oxygen atoms in total. The lowest BCUT2D eigenvalue weighted by atomic mass is 10.1. The molecule has 4 aromatic rings. The van der Waals surface area contributed by atoms with Crippen LogP contribution in [0.3, 0.4) is 0 Å². The van der Waals surface area contributed by atoms with Gasteiger partial charge in [0, 0.05) is 17.1 Å². The normalized spacial score (nSPS) is 12.7. The van der Waals surface area contributed by atoms with E-state index in [2.05, 4.69) is 15.5 Å². The highest BCUT2D eigenvalue weighted by atomic mass is 16.6. The Labute approximate surface area is 189 Å². The summed E-state index contributed by atoms with van der Waals surface area (Å²) in [6.07, 6.45) is 1.63. The summed E-state index contributed by atoms with van der Waals surface area (Å²) >= 11 is 0. The number of aryl methyl sites for hydroxylation is 3. The predicted octanol–water partition coefficient (Wildman–Crippen LogP) is 2.92. The molecule has 1 amide bonds. The van der Waals surface area contributed by atoms with Crippen molar-refractivity contribution in [1.82, 2.24) is 19.6 Å². The summed E-state index contributed by atoms with van der Waals surface area (Å²) in [5, 5.41) is 12.2. The smallest absolute Gasteiger partial charge is 0.293 e. The van der Waals surface area contributed by atoms with Crippen LogP contribution in [-0.4, -0.2) is 38.7 Å². The minimum absolute atomic E-state index is 0.234. The summed E-state index contributed by atoms with van der Waals surface area (Å²) in [5.41, 5.74) is 4.20. The Morgan fingerprint density at radius 1 is 1.03 bits per heavy atom. The van der Waals surface area contributed by atoms with Crippen LogP contribution in [0.2, 0.25) is 0 Å². The van der Waals surface area contributed by atoms with E-state index in [0.717, 1.165) is 16.8 Å². The molecule has 2 aromatic heterocycles. The fourth-order valence-electron chi connectivity index (χ4n) is 3.84. The Morgan fingerprint density at radius 3 is 2.61 bits per heavy atom. The average Bonchev–Trinajstić information content (AvgIpc) is 3.25. The van der Waals surface area contributed by atoms with Crippen LogP contribution in [-0.2, 0) is 11.3 Å². The highest BCUT2D eigenvalue weighted by molar-refractivity contribution is 5.91. The number of carbonyl (C=O) groups is 1. The van der Waals surface area contributed by atoms with E-state index in [1.165, 1.54) is 4.68 Å². The summed E-state index contributed by atoms with van der Waals surface area (Å²) in [5.74, 6) is 0.832. The van der Waals surface area contributed by atoms with Gasteiger partial charge in [-0.15, -0.1) is 0 Å². The first-order valence-electron chi connectivity index (χ1n) is 10.6. The molecule has 0 saturated heterocycles. The summed E-state index contributed by atoms with van der Waals surface area (Å²) in [7, 11) is 0. The summed E-state index contributed by atoms with van der Waals surface area (Å²) in [4.78, 5) is 26.0. The Balaban J connectivity index is 1.46. The third-order valence-corrected chi connectivity index (χ3v) is 5.72. The van der Waals surface area contributed by atoms with Crippen molar-refractivity contribution in [3.05, 3.63) is 69.8 Å². The molecule has 3 heterocycles. The second-order valence-electron chi connectivity index (χ2n) is 8.04. The number of ether oxygens (including phenoxy) is 2. The molecular weight excluding hydrogens is 422 g/mol. The molecule has 0 bridgehead atoms. The molecule has 0 radical (unpaired) electrons. The third-order valence-electron chi connectivity index (χ3n) is 5.72. The van der Waals surface area contributed by atoms with Gasteiger partial charge in [0.2, 0.25) is 5.91 Å². The minimum atomic E-state index is -0.386. The van der Waals surface area contributed by atoms with E-state index in [-0.39, 0.29) is 18.0 Å². The molecule has 1 aliphatic rings. The largest absolute Gasteiger partial charge is 0.486 e. The van der Waals surface area contributed by atoms with Gasteiger partial charge in [0.1, 0.15) is 25.3 Å². The number of aromatic nitrogens is 4. The van der Waals surface area contributed by atoms with Gasteiger partial charge in [-0.2, -0.15) is 10.2 Å². The molecule has 0 spiro atoms. The molecule has 0 saturated carbocycles. The zero-order valence-electron chi connectivity index (χ0n) is 18.6. The Morgan fingerprint density at radius 2 is 1.82 bits per heavy atom. The highest BCUT2D eigenvalue weighted by Crippen LogP contribution is 2.32. The van der Waals surface area contributed by atoms with Crippen molar-refractivity contribution in [2.24, 2.45) is 0 Å². The van der Waals surface area contributed by atoms with E-state index >= 15 is 0 Å². The van der Waals surface area contributed by atoms with Gasteiger partial charge in [-0.3, -0.25) is 9.59 Å². The van der Waals surface area contributed by atoms with Crippen LogP contribution in [0.25, 0.3) is 16.6 Å². The molecule has 9 heteroatoms. The number of rotatable bonds is 4. The number of fused-ring (bicyclic) bond motifs is 2. The maximum atomic E-state index is 13.3. The zero-order valence-corrected chi connectivity index (χ0v) is 18.6. The summed E-state index contributed by atoms with van der Waals surface area (Å²) in [6, 6.07) is 11.1. The first-order valence-corrected chi connectivity index (χ1v) is 10.6. The number of hydrogen-bond donors (Lipinski definition) is 1. The highest BCUT2D eigenvalue weighted by Gasteiger charge is 2.18. The van der Waals surface area contributed by atoms with Crippen molar-refractivity contribution in [3.8, 4) is 17.2 Å².